The first-order valence-electron chi connectivity index (χ1n) is 6.88. The highest BCUT2D eigenvalue weighted by Crippen LogP contribution is 2.26. The van der Waals surface area contributed by atoms with Crippen molar-refractivity contribution in [3.05, 3.63) is 76.5 Å². The standard InChI is InChI=1S/C17H13FN2O2S/c18-13-8-14(10-19-9-13)20-17(21)16-15(6-7-23-16)22-11-12-4-2-1-3-5-12/h1-10H,11H2,(H,20,21). The normalized spacial score (nSPS) is 10.3. The molecule has 0 aliphatic carbocycles. The Balaban J connectivity index is 1.69. The molecule has 0 saturated heterocycles. The summed E-state index contributed by atoms with van der Waals surface area (Å²) in [6, 6.07) is 12.6. The van der Waals surface area contributed by atoms with Crippen molar-refractivity contribution in [3.63, 3.8) is 0 Å². The Bertz CT molecular complexity index is 805. The summed E-state index contributed by atoms with van der Waals surface area (Å²) in [7, 11) is 0. The van der Waals surface area contributed by atoms with Gasteiger partial charge in [0.2, 0.25) is 0 Å². The van der Waals surface area contributed by atoms with Crippen LogP contribution in [0.25, 0.3) is 0 Å². The van der Waals surface area contributed by atoms with E-state index in [0.717, 1.165) is 11.8 Å². The molecule has 116 valence electrons. The summed E-state index contributed by atoms with van der Waals surface area (Å²) in [6.45, 7) is 0.374. The summed E-state index contributed by atoms with van der Waals surface area (Å²) < 4.78 is 18.8. The molecule has 0 aliphatic heterocycles. The van der Waals surface area contributed by atoms with Crippen LogP contribution in [0.4, 0.5) is 10.1 Å². The molecule has 0 fully saturated rings. The van der Waals surface area contributed by atoms with Crippen LogP contribution in [-0.2, 0) is 6.61 Å². The lowest BCUT2D eigenvalue weighted by molar-refractivity contribution is 0.102. The second kappa shape index (κ2) is 7.02. The van der Waals surface area contributed by atoms with Crippen molar-refractivity contribution in [3.8, 4) is 5.75 Å². The Hall–Kier alpha value is -2.73. The number of anilines is 1. The second-order valence-corrected chi connectivity index (χ2v) is 5.65. The van der Waals surface area contributed by atoms with Crippen LogP contribution in [0.1, 0.15) is 15.2 Å². The number of ether oxygens (including phenoxy) is 1. The minimum Gasteiger partial charge on any atom is -0.487 e. The number of thiophene rings is 1. The van der Waals surface area contributed by atoms with Gasteiger partial charge in [-0.2, -0.15) is 0 Å². The summed E-state index contributed by atoms with van der Waals surface area (Å²) in [5.74, 6) is -0.356. The highest BCUT2D eigenvalue weighted by Gasteiger charge is 2.15. The van der Waals surface area contributed by atoms with E-state index in [0.29, 0.717) is 22.9 Å². The Morgan fingerprint density at radius 1 is 1.22 bits per heavy atom. The molecule has 0 saturated carbocycles. The Kier molecular flexibility index (Phi) is 4.63. The quantitative estimate of drug-likeness (QED) is 0.767. The van der Waals surface area contributed by atoms with Crippen LogP contribution in [-0.4, -0.2) is 10.9 Å². The summed E-state index contributed by atoms with van der Waals surface area (Å²) in [6.07, 6.45) is 2.47. The summed E-state index contributed by atoms with van der Waals surface area (Å²) >= 11 is 1.27. The molecule has 2 aromatic heterocycles. The fourth-order valence-corrected chi connectivity index (χ4v) is 2.71. The molecule has 0 radical (unpaired) electrons. The lowest BCUT2D eigenvalue weighted by Crippen LogP contribution is -2.12. The molecule has 0 atom stereocenters. The van der Waals surface area contributed by atoms with E-state index in [1.807, 2.05) is 30.3 Å². The van der Waals surface area contributed by atoms with Crippen LogP contribution in [0.15, 0.2) is 60.2 Å². The fraction of sp³-hybridized carbons (Fsp3) is 0.0588. The van der Waals surface area contributed by atoms with Crippen molar-refractivity contribution >= 4 is 22.9 Å². The molecule has 2 heterocycles. The number of hydrogen-bond donors (Lipinski definition) is 1. The van der Waals surface area contributed by atoms with Crippen molar-refractivity contribution in [2.75, 3.05) is 5.32 Å². The maximum Gasteiger partial charge on any atom is 0.269 e. The van der Waals surface area contributed by atoms with Crippen LogP contribution in [0.5, 0.6) is 5.75 Å². The van der Waals surface area contributed by atoms with Crippen LogP contribution in [0.2, 0.25) is 0 Å². The van der Waals surface area contributed by atoms with Crippen LogP contribution in [0, 0.1) is 5.82 Å². The smallest absolute Gasteiger partial charge is 0.269 e. The third-order valence-electron chi connectivity index (χ3n) is 3.04. The van der Waals surface area contributed by atoms with Crippen LogP contribution in [0.3, 0.4) is 0 Å². The molecule has 1 amide bonds. The number of pyridine rings is 1. The summed E-state index contributed by atoms with van der Waals surface area (Å²) in [5, 5.41) is 4.39. The predicted octanol–water partition coefficient (Wildman–Crippen LogP) is 4.11. The van der Waals surface area contributed by atoms with Crippen molar-refractivity contribution in [1.82, 2.24) is 4.98 Å². The highest BCUT2D eigenvalue weighted by molar-refractivity contribution is 7.12. The first-order valence-corrected chi connectivity index (χ1v) is 7.76. The van der Waals surface area contributed by atoms with Crippen LogP contribution >= 0.6 is 11.3 Å². The maximum atomic E-state index is 13.1. The number of carbonyl (C=O) groups excluding carboxylic acids is 1. The van der Waals surface area contributed by atoms with Gasteiger partial charge in [-0.3, -0.25) is 9.78 Å². The predicted molar refractivity (Wildman–Crippen MR) is 87.2 cm³/mol. The van der Waals surface area contributed by atoms with E-state index in [1.54, 1.807) is 11.4 Å². The Morgan fingerprint density at radius 2 is 2.04 bits per heavy atom. The second-order valence-electron chi connectivity index (χ2n) is 4.73. The number of nitrogens with one attached hydrogen (secondary N) is 1. The van der Waals surface area contributed by atoms with E-state index in [9.17, 15) is 9.18 Å². The van der Waals surface area contributed by atoms with Gasteiger partial charge < -0.3 is 10.1 Å². The first-order chi connectivity index (χ1) is 11.2. The van der Waals surface area contributed by atoms with E-state index >= 15 is 0 Å². The molecule has 3 rings (SSSR count). The number of hydrogen-bond acceptors (Lipinski definition) is 4. The number of amides is 1. The van der Waals surface area contributed by atoms with E-state index < -0.39 is 5.82 Å². The number of rotatable bonds is 5. The third kappa shape index (κ3) is 3.92. The van der Waals surface area contributed by atoms with Gasteiger partial charge in [0.05, 0.1) is 18.1 Å². The highest BCUT2D eigenvalue weighted by atomic mass is 32.1. The van der Waals surface area contributed by atoms with Gasteiger partial charge in [-0.15, -0.1) is 11.3 Å². The molecule has 0 spiro atoms. The minimum absolute atomic E-state index is 0.303. The monoisotopic (exact) mass is 328 g/mol. The number of halogens is 1. The number of nitrogens with zero attached hydrogens (tertiary/aromatic N) is 1. The number of aromatic nitrogens is 1. The van der Waals surface area contributed by atoms with E-state index in [2.05, 4.69) is 10.3 Å². The average molecular weight is 328 g/mol. The van der Waals surface area contributed by atoms with Gasteiger partial charge in [0.1, 0.15) is 23.1 Å². The molecule has 1 N–H and O–H groups in total. The van der Waals surface area contributed by atoms with E-state index in [1.165, 1.54) is 23.6 Å². The molecule has 6 heteroatoms. The molecule has 0 aliphatic rings. The van der Waals surface area contributed by atoms with E-state index in [4.69, 9.17) is 4.74 Å². The molecular weight excluding hydrogens is 315 g/mol. The van der Waals surface area contributed by atoms with Crippen LogP contribution < -0.4 is 10.1 Å². The molecule has 0 unspecified atom stereocenters. The molecule has 23 heavy (non-hydrogen) atoms. The fourth-order valence-electron chi connectivity index (χ4n) is 1.98. The summed E-state index contributed by atoms with van der Waals surface area (Å²) in [4.78, 5) is 16.4. The average Bonchev–Trinajstić information content (AvgIpc) is 3.02. The Labute approximate surface area is 136 Å². The molecular formula is C17H13FN2O2S. The molecule has 3 aromatic rings. The van der Waals surface area contributed by atoms with E-state index in [-0.39, 0.29) is 5.91 Å². The lowest BCUT2D eigenvalue weighted by Gasteiger charge is -2.08. The van der Waals surface area contributed by atoms with Gasteiger partial charge >= 0.3 is 0 Å². The van der Waals surface area contributed by atoms with Gasteiger partial charge in [-0.05, 0) is 17.0 Å². The Morgan fingerprint density at radius 3 is 2.83 bits per heavy atom. The lowest BCUT2D eigenvalue weighted by atomic mass is 10.2. The molecule has 1 aromatic carbocycles. The number of benzene rings is 1. The molecule has 4 nitrogen and oxygen atoms in total. The van der Waals surface area contributed by atoms with Gasteiger partial charge in [-0.25, -0.2) is 4.39 Å². The van der Waals surface area contributed by atoms with Crippen molar-refractivity contribution in [2.24, 2.45) is 0 Å². The topological polar surface area (TPSA) is 51.2 Å². The van der Waals surface area contributed by atoms with Crippen molar-refractivity contribution in [1.29, 1.82) is 0 Å². The van der Waals surface area contributed by atoms with Gasteiger partial charge in [0.15, 0.2) is 0 Å². The maximum absolute atomic E-state index is 13.1. The number of carbonyl (C=O) groups is 1. The zero-order valence-corrected chi connectivity index (χ0v) is 12.8. The first kappa shape index (κ1) is 15.2. The zero-order valence-electron chi connectivity index (χ0n) is 12.0. The zero-order chi connectivity index (χ0) is 16.1. The largest absolute Gasteiger partial charge is 0.487 e. The van der Waals surface area contributed by atoms with Gasteiger partial charge in [0, 0.05) is 6.07 Å². The minimum atomic E-state index is -0.505. The SMILES string of the molecule is O=C(Nc1cncc(F)c1)c1sccc1OCc1ccccc1. The molecule has 0 bridgehead atoms. The third-order valence-corrected chi connectivity index (χ3v) is 3.93. The summed E-state index contributed by atoms with van der Waals surface area (Å²) in [5.41, 5.74) is 1.32. The van der Waals surface area contributed by atoms with Crippen molar-refractivity contribution < 1.29 is 13.9 Å². The van der Waals surface area contributed by atoms with Crippen molar-refractivity contribution in [2.45, 2.75) is 6.61 Å². The van der Waals surface area contributed by atoms with Gasteiger partial charge in [-0.1, -0.05) is 30.3 Å². The van der Waals surface area contributed by atoms with Gasteiger partial charge in [0.25, 0.3) is 5.91 Å².